The summed E-state index contributed by atoms with van der Waals surface area (Å²) in [5.41, 5.74) is 1.35. The molecule has 1 aromatic heterocycles. The Morgan fingerprint density at radius 3 is 2.71 bits per heavy atom. The zero-order valence-electron chi connectivity index (χ0n) is 12.6. The lowest BCUT2D eigenvalue weighted by Crippen LogP contribution is -2.46. The first-order valence-electron chi connectivity index (χ1n) is 8.07. The summed E-state index contributed by atoms with van der Waals surface area (Å²) in [6.07, 6.45) is 9.32. The van der Waals surface area contributed by atoms with Gasteiger partial charge in [-0.3, -0.25) is 9.88 Å². The van der Waals surface area contributed by atoms with Gasteiger partial charge in [0.25, 0.3) is 0 Å². The third kappa shape index (κ3) is 2.56. The number of piperidine rings is 1. The van der Waals surface area contributed by atoms with Gasteiger partial charge in [-0.25, -0.2) is 0 Å². The lowest BCUT2D eigenvalue weighted by atomic mass is 9.98. The first-order valence-corrected chi connectivity index (χ1v) is 8.07. The van der Waals surface area contributed by atoms with Gasteiger partial charge in [0, 0.05) is 42.5 Å². The summed E-state index contributed by atoms with van der Waals surface area (Å²) in [5, 5.41) is 6.32. The summed E-state index contributed by atoms with van der Waals surface area (Å²) in [4.78, 5) is 6.95. The monoisotopic (exact) mass is 281 g/mol. The largest absolute Gasteiger partial charge is 0.311 e. The molecule has 2 atom stereocenters. The van der Waals surface area contributed by atoms with E-state index in [4.69, 9.17) is 0 Å². The van der Waals surface area contributed by atoms with Crippen LogP contribution in [-0.2, 0) is 6.54 Å². The molecule has 1 aromatic carbocycles. The van der Waals surface area contributed by atoms with E-state index in [1.807, 2.05) is 12.4 Å². The van der Waals surface area contributed by atoms with Gasteiger partial charge in [-0.05, 0) is 43.7 Å². The van der Waals surface area contributed by atoms with E-state index in [1.165, 1.54) is 42.0 Å². The summed E-state index contributed by atoms with van der Waals surface area (Å²) in [5.74, 6) is 0. The van der Waals surface area contributed by atoms with Crippen LogP contribution in [0.5, 0.6) is 0 Å². The smallest absolute Gasteiger partial charge is 0.0346 e. The van der Waals surface area contributed by atoms with Crippen LogP contribution in [0, 0.1) is 0 Å². The number of nitrogens with zero attached hydrogens (tertiary/aromatic N) is 2. The van der Waals surface area contributed by atoms with Crippen molar-refractivity contribution < 1.29 is 0 Å². The fourth-order valence-corrected chi connectivity index (χ4v) is 4.09. The van der Waals surface area contributed by atoms with Crippen LogP contribution >= 0.6 is 0 Å². The number of hydrogen-bond donors (Lipinski definition) is 1. The lowest BCUT2D eigenvalue weighted by Gasteiger charge is -2.35. The second-order valence-electron chi connectivity index (χ2n) is 6.70. The van der Waals surface area contributed by atoms with Gasteiger partial charge >= 0.3 is 0 Å². The van der Waals surface area contributed by atoms with E-state index >= 15 is 0 Å². The lowest BCUT2D eigenvalue weighted by molar-refractivity contribution is 0.166. The molecule has 4 rings (SSSR count). The highest BCUT2D eigenvalue weighted by Crippen LogP contribution is 2.30. The highest BCUT2D eigenvalue weighted by Gasteiger charge is 2.34. The first-order chi connectivity index (χ1) is 10.3. The molecule has 2 aliphatic rings. The number of fused-ring (bicyclic) bond motifs is 3. The molecular formula is C18H23N3. The molecule has 0 amide bonds. The highest BCUT2D eigenvalue weighted by atomic mass is 15.2. The second kappa shape index (κ2) is 5.39. The molecule has 21 heavy (non-hydrogen) atoms. The first kappa shape index (κ1) is 13.2. The summed E-state index contributed by atoms with van der Waals surface area (Å²) in [6, 6.07) is 10.8. The Morgan fingerprint density at radius 1 is 1.14 bits per heavy atom. The standard InChI is InChI=1S/C18H23N3/c1-21(17-8-15-6-7-16(9-17)20-15)12-14-11-19-10-13-4-2-3-5-18(13)14/h2-5,10-11,15-17,20H,6-9,12H2,1H3. The maximum absolute atomic E-state index is 4.41. The van der Waals surface area contributed by atoms with Gasteiger partial charge < -0.3 is 5.32 Å². The summed E-state index contributed by atoms with van der Waals surface area (Å²) >= 11 is 0. The molecule has 2 bridgehead atoms. The van der Waals surface area contributed by atoms with E-state index < -0.39 is 0 Å². The highest BCUT2D eigenvalue weighted by molar-refractivity contribution is 5.84. The molecule has 2 saturated heterocycles. The van der Waals surface area contributed by atoms with E-state index in [0.717, 1.165) is 18.6 Å². The quantitative estimate of drug-likeness (QED) is 0.937. The molecule has 2 fully saturated rings. The van der Waals surface area contributed by atoms with Crippen molar-refractivity contribution in [3.63, 3.8) is 0 Å². The third-order valence-corrected chi connectivity index (χ3v) is 5.24. The van der Waals surface area contributed by atoms with Crippen LogP contribution in [-0.4, -0.2) is 35.1 Å². The fraction of sp³-hybridized carbons (Fsp3) is 0.500. The van der Waals surface area contributed by atoms with Crippen LogP contribution in [0.2, 0.25) is 0 Å². The van der Waals surface area contributed by atoms with Gasteiger partial charge in [-0.2, -0.15) is 0 Å². The van der Waals surface area contributed by atoms with Gasteiger partial charge in [-0.15, -0.1) is 0 Å². The Morgan fingerprint density at radius 2 is 1.90 bits per heavy atom. The van der Waals surface area contributed by atoms with Crippen LogP contribution in [0.4, 0.5) is 0 Å². The number of nitrogens with one attached hydrogen (secondary N) is 1. The number of rotatable bonds is 3. The molecule has 3 heterocycles. The Bertz CT molecular complexity index is 622. The molecule has 2 aliphatic heterocycles. The van der Waals surface area contributed by atoms with Crippen molar-refractivity contribution >= 4 is 10.8 Å². The Balaban J connectivity index is 1.54. The van der Waals surface area contributed by atoms with E-state index in [2.05, 4.69) is 46.5 Å². The molecule has 0 spiro atoms. The van der Waals surface area contributed by atoms with Crippen molar-refractivity contribution in [2.75, 3.05) is 7.05 Å². The molecule has 110 valence electrons. The average Bonchev–Trinajstić information content (AvgIpc) is 2.86. The number of benzene rings is 1. The van der Waals surface area contributed by atoms with Crippen molar-refractivity contribution in [2.24, 2.45) is 0 Å². The van der Waals surface area contributed by atoms with Crippen molar-refractivity contribution in [2.45, 2.75) is 50.4 Å². The minimum Gasteiger partial charge on any atom is -0.311 e. The van der Waals surface area contributed by atoms with Gasteiger partial charge in [-0.1, -0.05) is 24.3 Å². The Labute approximate surface area is 126 Å². The average molecular weight is 281 g/mol. The van der Waals surface area contributed by atoms with E-state index in [0.29, 0.717) is 6.04 Å². The molecule has 3 heteroatoms. The molecule has 2 aromatic rings. The van der Waals surface area contributed by atoms with Crippen LogP contribution in [0.15, 0.2) is 36.7 Å². The molecule has 2 unspecified atom stereocenters. The summed E-state index contributed by atoms with van der Waals surface area (Å²) in [6.45, 7) is 0.998. The van der Waals surface area contributed by atoms with Crippen molar-refractivity contribution in [3.8, 4) is 0 Å². The number of pyridine rings is 1. The molecule has 0 radical (unpaired) electrons. The van der Waals surface area contributed by atoms with Crippen LogP contribution in [0.1, 0.15) is 31.2 Å². The Kier molecular flexibility index (Phi) is 3.40. The van der Waals surface area contributed by atoms with Gasteiger partial charge in [0.15, 0.2) is 0 Å². The number of hydrogen-bond acceptors (Lipinski definition) is 3. The topological polar surface area (TPSA) is 28.2 Å². The predicted molar refractivity (Wildman–Crippen MR) is 86.2 cm³/mol. The van der Waals surface area contributed by atoms with Crippen LogP contribution in [0.25, 0.3) is 10.8 Å². The van der Waals surface area contributed by atoms with Gasteiger partial charge in [0.05, 0.1) is 0 Å². The second-order valence-corrected chi connectivity index (χ2v) is 6.70. The van der Waals surface area contributed by atoms with Crippen molar-refractivity contribution in [3.05, 3.63) is 42.2 Å². The normalized spacial score (nSPS) is 28.4. The number of aromatic nitrogens is 1. The van der Waals surface area contributed by atoms with Crippen LogP contribution < -0.4 is 5.32 Å². The summed E-state index contributed by atoms with van der Waals surface area (Å²) in [7, 11) is 2.28. The minimum absolute atomic E-state index is 0.711. The molecule has 1 N–H and O–H groups in total. The predicted octanol–water partition coefficient (Wildman–Crippen LogP) is 2.95. The molecule has 0 aliphatic carbocycles. The van der Waals surface area contributed by atoms with E-state index in [-0.39, 0.29) is 0 Å². The minimum atomic E-state index is 0.711. The molecule has 0 saturated carbocycles. The van der Waals surface area contributed by atoms with Crippen LogP contribution in [0.3, 0.4) is 0 Å². The van der Waals surface area contributed by atoms with E-state index in [1.54, 1.807) is 0 Å². The van der Waals surface area contributed by atoms with Crippen molar-refractivity contribution in [1.29, 1.82) is 0 Å². The zero-order chi connectivity index (χ0) is 14.2. The Hall–Kier alpha value is -1.45. The molecule has 3 nitrogen and oxygen atoms in total. The SMILES string of the molecule is CN(Cc1cncc2ccccc12)C1CC2CCC(C1)N2. The van der Waals surface area contributed by atoms with Gasteiger partial charge in [0.2, 0.25) is 0 Å². The van der Waals surface area contributed by atoms with Gasteiger partial charge in [0.1, 0.15) is 0 Å². The summed E-state index contributed by atoms with van der Waals surface area (Å²) < 4.78 is 0. The zero-order valence-corrected chi connectivity index (χ0v) is 12.6. The maximum atomic E-state index is 4.41. The van der Waals surface area contributed by atoms with E-state index in [9.17, 15) is 0 Å². The fourth-order valence-electron chi connectivity index (χ4n) is 4.09. The maximum Gasteiger partial charge on any atom is 0.0346 e. The van der Waals surface area contributed by atoms with Crippen molar-refractivity contribution in [1.82, 2.24) is 15.2 Å². The third-order valence-electron chi connectivity index (χ3n) is 5.24. The molecular weight excluding hydrogens is 258 g/mol.